The van der Waals surface area contributed by atoms with Crippen molar-refractivity contribution in [3.05, 3.63) is 34.6 Å². The van der Waals surface area contributed by atoms with E-state index in [1.54, 1.807) is 26.0 Å². The monoisotopic (exact) mass is 288 g/mol. The number of hydrogen-bond acceptors (Lipinski definition) is 1. The van der Waals surface area contributed by atoms with Gasteiger partial charge in [-0.3, -0.25) is 4.79 Å². The Morgan fingerprint density at radius 1 is 1.00 bits per heavy atom. The van der Waals surface area contributed by atoms with Crippen LogP contribution in [0.25, 0.3) is 0 Å². The fraction of sp³-hybridized carbons (Fsp3) is 0.632. The molecule has 0 heterocycles. The lowest BCUT2D eigenvalue weighted by molar-refractivity contribution is 0.0763. The molecule has 3 rings (SSSR count). The van der Waals surface area contributed by atoms with Crippen LogP contribution < -0.4 is 0 Å². The maximum atomic E-state index is 13.7. The molecule has 0 saturated heterocycles. The zero-order valence-electron chi connectivity index (χ0n) is 13.1. The molecule has 2 aliphatic rings. The Labute approximate surface area is 126 Å². The van der Waals surface area contributed by atoms with Crippen LogP contribution >= 0.6 is 0 Å². The predicted octanol–water partition coefficient (Wildman–Crippen LogP) is 5.23. The Morgan fingerprint density at radius 3 is 2.29 bits per heavy atom. The highest BCUT2D eigenvalue weighted by molar-refractivity contribution is 5.98. The molecule has 0 bridgehead atoms. The second kappa shape index (κ2) is 5.90. The van der Waals surface area contributed by atoms with Gasteiger partial charge in [0.15, 0.2) is 5.78 Å². The first-order chi connectivity index (χ1) is 10.1. The molecule has 1 aromatic rings. The van der Waals surface area contributed by atoms with Gasteiger partial charge in [0.05, 0.1) is 0 Å². The van der Waals surface area contributed by atoms with Gasteiger partial charge >= 0.3 is 0 Å². The first-order valence-corrected chi connectivity index (χ1v) is 8.37. The van der Waals surface area contributed by atoms with Crippen molar-refractivity contribution >= 4 is 5.78 Å². The van der Waals surface area contributed by atoms with Crippen molar-refractivity contribution in [3.63, 3.8) is 0 Å². The number of Topliss-reactive ketones (excluding diaryl/α,β-unsaturated/α-hetero) is 1. The van der Waals surface area contributed by atoms with Gasteiger partial charge in [-0.2, -0.15) is 0 Å². The quantitative estimate of drug-likeness (QED) is 0.681. The Bertz CT molecular complexity index is 525. The molecule has 0 amide bonds. The van der Waals surface area contributed by atoms with Crippen molar-refractivity contribution in [2.45, 2.75) is 58.8 Å². The summed E-state index contributed by atoms with van der Waals surface area (Å²) in [5, 5.41) is 0. The second-order valence-electron chi connectivity index (χ2n) is 7.10. The van der Waals surface area contributed by atoms with Crippen molar-refractivity contribution in [2.75, 3.05) is 0 Å². The van der Waals surface area contributed by atoms with E-state index in [0.717, 1.165) is 24.7 Å². The molecule has 1 nitrogen and oxygen atoms in total. The van der Waals surface area contributed by atoms with E-state index >= 15 is 0 Å². The van der Waals surface area contributed by atoms with Gasteiger partial charge in [0.25, 0.3) is 0 Å². The molecule has 114 valence electrons. The lowest BCUT2D eigenvalue weighted by Gasteiger charge is -2.38. The second-order valence-corrected chi connectivity index (χ2v) is 7.10. The average molecular weight is 288 g/mol. The van der Waals surface area contributed by atoms with E-state index in [1.807, 2.05) is 0 Å². The molecular formula is C19H25FO. The molecule has 0 aliphatic heterocycles. The van der Waals surface area contributed by atoms with Crippen LogP contribution in [0.4, 0.5) is 4.39 Å². The molecule has 21 heavy (non-hydrogen) atoms. The molecule has 0 spiro atoms. The van der Waals surface area contributed by atoms with E-state index in [1.165, 1.54) is 32.1 Å². The molecular weight excluding hydrogens is 263 g/mol. The van der Waals surface area contributed by atoms with E-state index in [0.29, 0.717) is 16.7 Å². The van der Waals surface area contributed by atoms with E-state index in [2.05, 4.69) is 0 Å². The summed E-state index contributed by atoms with van der Waals surface area (Å²) in [6, 6.07) is 3.47. The van der Waals surface area contributed by atoms with Crippen LogP contribution in [0.5, 0.6) is 0 Å². The van der Waals surface area contributed by atoms with Gasteiger partial charge in [0.1, 0.15) is 5.82 Å². The Morgan fingerprint density at radius 2 is 1.62 bits per heavy atom. The van der Waals surface area contributed by atoms with Crippen molar-refractivity contribution in [2.24, 2.45) is 17.8 Å². The van der Waals surface area contributed by atoms with Gasteiger partial charge < -0.3 is 0 Å². The highest BCUT2D eigenvalue weighted by Crippen LogP contribution is 2.43. The number of carbonyl (C=O) groups excluding carboxylic acids is 1. The van der Waals surface area contributed by atoms with Crippen LogP contribution in [0.1, 0.15) is 66.4 Å². The molecule has 2 heteroatoms. The molecule has 0 N–H and O–H groups in total. The molecule has 1 aromatic carbocycles. The van der Waals surface area contributed by atoms with Crippen LogP contribution in [-0.4, -0.2) is 5.78 Å². The van der Waals surface area contributed by atoms with Gasteiger partial charge in [-0.1, -0.05) is 25.7 Å². The Balaban J connectivity index is 1.76. The third-order valence-electron chi connectivity index (χ3n) is 5.63. The molecule has 3 unspecified atom stereocenters. The summed E-state index contributed by atoms with van der Waals surface area (Å²) in [6.45, 7) is 3.49. The molecule has 0 aromatic heterocycles. The largest absolute Gasteiger partial charge is 0.294 e. The molecule has 2 aliphatic carbocycles. The van der Waals surface area contributed by atoms with Crippen molar-refractivity contribution in [1.82, 2.24) is 0 Å². The Hall–Kier alpha value is -1.18. The smallest absolute Gasteiger partial charge is 0.165 e. The summed E-state index contributed by atoms with van der Waals surface area (Å²) in [6.07, 6.45) is 8.65. The van der Waals surface area contributed by atoms with Gasteiger partial charge in [-0.05, 0) is 68.2 Å². The highest BCUT2D eigenvalue weighted by Gasteiger charge is 2.35. The maximum Gasteiger partial charge on any atom is 0.165 e. The third kappa shape index (κ3) is 2.90. The van der Waals surface area contributed by atoms with Crippen molar-refractivity contribution in [1.29, 1.82) is 0 Å². The number of aryl methyl sites for hydroxylation is 2. The number of hydrogen-bond donors (Lipinski definition) is 0. The fourth-order valence-corrected chi connectivity index (χ4v) is 4.44. The molecule has 2 fully saturated rings. The summed E-state index contributed by atoms with van der Waals surface area (Å²) in [4.78, 5) is 12.8. The lowest BCUT2D eigenvalue weighted by atomic mass is 9.66. The lowest BCUT2D eigenvalue weighted by Crippen LogP contribution is -2.31. The van der Waals surface area contributed by atoms with Crippen LogP contribution in [0.15, 0.2) is 12.1 Å². The number of carbonyl (C=O) groups is 1. The summed E-state index contributed by atoms with van der Waals surface area (Å²) < 4.78 is 13.7. The van der Waals surface area contributed by atoms with E-state index < -0.39 is 0 Å². The number of ketones is 1. The topological polar surface area (TPSA) is 17.1 Å². The van der Waals surface area contributed by atoms with Gasteiger partial charge in [0, 0.05) is 11.5 Å². The van der Waals surface area contributed by atoms with Crippen LogP contribution in [0.2, 0.25) is 0 Å². The number of halogens is 1. The van der Waals surface area contributed by atoms with E-state index in [4.69, 9.17) is 0 Å². The van der Waals surface area contributed by atoms with E-state index in [-0.39, 0.29) is 17.5 Å². The number of rotatable bonds is 2. The summed E-state index contributed by atoms with van der Waals surface area (Å²) >= 11 is 0. The van der Waals surface area contributed by atoms with Crippen LogP contribution in [0.3, 0.4) is 0 Å². The summed E-state index contributed by atoms with van der Waals surface area (Å²) in [7, 11) is 0. The third-order valence-corrected chi connectivity index (χ3v) is 5.63. The first kappa shape index (κ1) is 14.7. The normalized spacial score (nSPS) is 29.0. The maximum absolute atomic E-state index is 13.7. The molecule has 2 saturated carbocycles. The minimum Gasteiger partial charge on any atom is -0.294 e. The summed E-state index contributed by atoms with van der Waals surface area (Å²) in [5.74, 6) is 1.84. The zero-order chi connectivity index (χ0) is 15.0. The average Bonchev–Trinajstić information content (AvgIpc) is 2.51. The van der Waals surface area contributed by atoms with Crippen LogP contribution in [0, 0.1) is 37.4 Å². The van der Waals surface area contributed by atoms with Crippen molar-refractivity contribution < 1.29 is 9.18 Å². The Kier molecular flexibility index (Phi) is 4.14. The molecule has 3 atom stereocenters. The SMILES string of the molecule is Cc1cc(C(=O)C2CCC3CCCCC3C2)cc(C)c1F. The van der Waals surface area contributed by atoms with Gasteiger partial charge in [0.2, 0.25) is 0 Å². The number of benzene rings is 1. The fourth-order valence-electron chi connectivity index (χ4n) is 4.44. The summed E-state index contributed by atoms with van der Waals surface area (Å²) in [5.41, 5.74) is 1.89. The van der Waals surface area contributed by atoms with Gasteiger partial charge in [-0.15, -0.1) is 0 Å². The zero-order valence-corrected chi connectivity index (χ0v) is 13.1. The first-order valence-electron chi connectivity index (χ1n) is 8.37. The minimum atomic E-state index is -0.178. The highest BCUT2D eigenvalue weighted by atomic mass is 19.1. The molecule has 0 radical (unpaired) electrons. The van der Waals surface area contributed by atoms with E-state index in [9.17, 15) is 9.18 Å². The standard InChI is InChI=1S/C19H25FO/c1-12-9-17(10-13(2)18(12)20)19(21)16-8-7-14-5-3-4-6-15(14)11-16/h9-10,14-16H,3-8,11H2,1-2H3. The minimum absolute atomic E-state index is 0.161. The predicted molar refractivity (Wildman–Crippen MR) is 83.0 cm³/mol. The van der Waals surface area contributed by atoms with Crippen molar-refractivity contribution in [3.8, 4) is 0 Å². The van der Waals surface area contributed by atoms with Gasteiger partial charge in [-0.25, -0.2) is 4.39 Å². The number of fused-ring (bicyclic) bond motifs is 1. The van der Waals surface area contributed by atoms with Crippen LogP contribution in [-0.2, 0) is 0 Å².